The lowest BCUT2D eigenvalue weighted by atomic mass is 10.3. The number of halogens is 1. The maximum absolute atomic E-state index is 13.4. The monoisotopic (exact) mass is 240 g/mol. The van der Waals surface area contributed by atoms with E-state index < -0.39 is 5.82 Å². The number of methoxy groups -OCH3 is 1. The molecule has 0 saturated carbocycles. The highest BCUT2D eigenvalue weighted by atomic mass is 19.1. The van der Waals surface area contributed by atoms with Gasteiger partial charge in [0.15, 0.2) is 11.6 Å². The lowest BCUT2D eigenvalue weighted by Crippen LogP contribution is -2.37. The lowest BCUT2D eigenvalue weighted by Gasteiger charge is -2.11. The third kappa shape index (κ3) is 3.92. The summed E-state index contributed by atoms with van der Waals surface area (Å²) >= 11 is 0. The van der Waals surface area contributed by atoms with Gasteiger partial charge in [-0.3, -0.25) is 5.43 Å². The number of hydrogen-bond acceptors (Lipinski definition) is 3. The van der Waals surface area contributed by atoms with E-state index in [-0.39, 0.29) is 11.8 Å². The molecule has 94 valence electrons. The van der Waals surface area contributed by atoms with Crippen molar-refractivity contribution in [1.29, 1.82) is 0 Å². The van der Waals surface area contributed by atoms with Crippen LogP contribution in [-0.2, 0) is 0 Å². The van der Waals surface area contributed by atoms with Gasteiger partial charge in [0.05, 0.1) is 7.11 Å². The molecule has 0 fully saturated rings. The summed E-state index contributed by atoms with van der Waals surface area (Å²) in [6, 6.07) is 4.60. The first-order chi connectivity index (χ1) is 8.06. The van der Waals surface area contributed by atoms with Crippen molar-refractivity contribution in [3.05, 3.63) is 24.0 Å². The second-order valence-electron chi connectivity index (χ2n) is 3.69. The van der Waals surface area contributed by atoms with Crippen LogP contribution in [0.25, 0.3) is 0 Å². The predicted octanol–water partition coefficient (Wildman–Crippen LogP) is 1.47. The zero-order chi connectivity index (χ0) is 12.8. The van der Waals surface area contributed by atoms with Crippen molar-refractivity contribution in [3.63, 3.8) is 0 Å². The van der Waals surface area contributed by atoms with E-state index in [2.05, 4.69) is 15.7 Å². The van der Waals surface area contributed by atoms with Crippen molar-refractivity contribution in [2.75, 3.05) is 12.4 Å². The van der Waals surface area contributed by atoms with Crippen molar-refractivity contribution in [2.45, 2.75) is 19.9 Å². The van der Waals surface area contributed by atoms with Crippen molar-refractivity contribution >= 4 is 11.6 Å². The van der Waals surface area contributed by atoms with Crippen LogP contribution >= 0.6 is 0 Å². The number of rotatable bonds is 3. The Bertz CT molecular complexity index is 406. The molecule has 5 nitrogen and oxygen atoms in total. The topological polar surface area (TPSA) is 71.7 Å². The third-order valence-electron chi connectivity index (χ3n) is 1.94. The fourth-order valence-corrected chi connectivity index (χ4v) is 1.24. The average molecular weight is 240 g/mol. The van der Waals surface area contributed by atoms with E-state index in [1.807, 2.05) is 13.8 Å². The molecule has 0 aromatic heterocycles. The minimum atomic E-state index is -0.446. The van der Waals surface area contributed by atoms with Crippen LogP contribution in [0.15, 0.2) is 23.2 Å². The van der Waals surface area contributed by atoms with Crippen LogP contribution in [0.5, 0.6) is 5.75 Å². The van der Waals surface area contributed by atoms with E-state index in [1.165, 1.54) is 19.2 Å². The molecular formula is C11H17FN4O. The van der Waals surface area contributed by atoms with Crippen LogP contribution in [0.1, 0.15) is 13.8 Å². The summed E-state index contributed by atoms with van der Waals surface area (Å²) in [5, 5.41) is 2.87. The molecule has 0 radical (unpaired) electrons. The summed E-state index contributed by atoms with van der Waals surface area (Å²) in [7, 11) is 1.42. The Balaban J connectivity index is 2.84. The summed E-state index contributed by atoms with van der Waals surface area (Å²) in [6.07, 6.45) is 0. The minimum absolute atomic E-state index is 0.0802. The van der Waals surface area contributed by atoms with Gasteiger partial charge in [0.1, 0.15) is 0 Å². The Morgan fingerprint density at radius 3 is 2.65 bits per heavy atom. The van der Waals surface area contributed by atoms with Gasteiger partial charge in [-0.15, -0.1) is 0 Å². The van der Waals surface area contributed by atoms with Crippen molar-refractivity contribution in [2.24, 2.45) is 10.8 Å². The van der Waals surface area contributed by atoms with Gasteiger partial charge in [0, 0.05) is 17.8 Å². The van der Waals surface area contributed by atoms with Crippen LogP contribution in [-0.4, -0.2) is 19.1 Å². The van der Waals surface area contributed by atoms with E-state index in [4.69, 9.17) is 10.6 Å². The van der Waals surface area contributed by atoms with Gasteiger partial charge in [-0.2, -0.15) is 0 Å². The second-order valence-corrected chi connectivity index (χ2v) is 3.69. The zero-order valence-electron chi connectivity index (χ0n) is 10.1. The molecule has 1 rings (SSSR count). The quantitative estimate of drug-likeness (QED) is 0.324. The number of ether oxygens (including phenoxy) is 1. The van der Waals surface area contributed by atoms with Crippen LogP contribution in [0.4, 0.5) is 10.1 Å². The molecule has 0 saturated heterocycles. The van der Waals surface area contributed by atoms with Crippen molar-refractivity contribution in [3.8, 4) is 5.75 Å². The number of benzene rings is 1. The van der Waals surface area contributed by atoms with Gasteiger partial charge in [0.25, 0.3) is 0 Å². The predicted molar refractivity (Wildman–Crippen MR) is 66.5 cm³/mol. The standard InChI is InChI=1S/C11H17FN4O/c1-7(2)14-11(16-13)15-8-4-5-10(17-3)9(12)6-8/h4-7H,13H2,1-3H3,(H2,14,15,16). The summed E-state index contributed by atoms with van der Waals surface area (Å²) < 4.78 is 18.2. The van der Waals surface area contributed by atoms with Crippen LogP contribution in [0.3, 0.4) is 0 Å². The van der Waals surface area contributed by atoms with Gasteiger partial charge in [-0.05, 0) is 26.0 Å². The summed E-state index contributed by atoms with van der Waals surface area (Å²) in [5.74, 6) is 5.43. The highest BCUT2D eigenvalue weighted by Crippen LogP contribution is 2.20. The molecule has 0 aliphatic carbocycles. The lowest BCUT2D eigenvalue weighted by molar-refractivity contribution is 0.386. The number of hydrazine groups is 1. The number of anilines is 1. The number of hydrogen-bond donors (Lipinski definition) is 3. The maximum atomic E-state index is 13.4. The van der Waals surface area contributed by atoms with Gasteiger partial charge in [0.2, 0.25) is 5.96 Å². The average Bonchev–Trinajstić information content (AvgIpc) is 2.27. The molecular weight excluding hydrogens is 223 g/mol. The van der Waals surface area contributed by atoms with Crippen molar-refractivity contribution in [1.82, 2.24) is 5.43 Å². The first-order valence-corrected chi connectivity index (χ1v) is 5.21. The Hall–Kier alpha value is -1.82. The molecule has 0 unspecified atom stereocenters. The largest absolute Gasteiger partial charge is 0.494 e. The van der Waals surface area contributed by atoms with E-state index >= 15 is 0 Å². The van der Waals surface area contributed by atoms with E-state index in [0.717, 1.165) is 0 Å². The van der Waals surface area contributed by atoms with Crippen LogP contribution < -0.4 is 21.3 Å². The van der Waals surface area contributed by atoms with E-state index in [9.17, 15) is 4.39 Å². The number of nitrogens with two attached hydrogens (primary N) is 1. The number of nitrogens with zero attached hydrogens (tertiary/aromatic N) is 1. The first-order valence-electron chi connectivity index (χ1n) is 5.21. The van der Waals surface area contributed by atoms with Gasteiger partial charge in [-0.1, -0.05) is 0 Å². The Labute approximate surface area is 99.8 Å². The van der Waals surface area contributed by atoms with Crippen LogP contribution in [0, 0.1) is 5.82 Å². The number of guanidine groups is 1. The van der Waals surface area contributed by atoms with Crippen LogP contribution in [0.2, 0.25) is 0 Å². The minimum Gasteiger partial charge on any atom is -0.494 e. The molecule has 1 aromatic rings. The Morgan fingerprint density at radius 1 is 1.47 bits per heavy atom. The Morgan fingerprint density at radius 2 is 2.18 bits per heavy atom. The molecule has 1 aromatic carbocycles. The SMILES string of the molecule is COc1ccc(NC(=NC(C)C)NN)cc1F. The van der Waals surface area contributed by atoms with E-state index in [1.54, 1.807) is 6.07 Å². The van der Waals surface area contributed by atoms with E-state index in [0.29, 0.717) is 11.6 Å². The fourth-order valence-electron chi connectivity index (χ4n) is 1.24. The highest BCUT2D eigenvalue weighted by Gasteiger charge is 2.05. The molecule has 4 N–H and O–H groups in total. The number of aliphatic imine (C=N–C) groups is 1. The molecule has 17 heavy (non-hydrogen) atoms. The normalized spacial score (nSPS) is 11.5. The zero-order valence-corrected chi connectivity index (χ0v) is 10.1. The summed E-state index contributed by atoms with van der Waals surface area (Å²) in [6.45, 7) is 3.82. The first kappa shape index (κ1) is 13.2. The Kier molecular flexibility index (Phi) is 4.71. The van der Waals surface area contributed by atoms with Gasteiger partial charge in [-0.25, -0.2) is 15.2 Å². The highest BCUT2D eigenvalue weighted by molar-refractivity contribution is 5.93. The second kappa shape index (κ2) is 6.05. The molecule has 0 spiro atoms. The molecule has 0 bridgehead atoms. The molecule has 0 heterocycles. The fraction of sp³-hybridized carbons (Fsp3) is 0.364. The van der Waals surface area contributed by atoms with Gasteiger partial charge >= 0.3 is 0 Å². The number of nitrogens with one attached hydrogen (secondary N) is 2. The molecule has 0 aliphatic heterocycles. The smallest absolute Gasteiger partial charge is 0.210 e. The molecule has 0 atom stereocenters. The van der Waals surface area contributed by atoms with Gasteiger partial charge < -0.3 is 10.1 Å². The summed E-state index contributed by atoms with van der Waals surface area (Å²) in [5.41, 5.74) is 2.96. The maximum Gasteiger partial charge on any atom is 0.210 e. The molecule has 0 aliphatic rings. The third-order valence-corrected chi connectivity index (χ3v) is 1.94. The summed E-state index contributed by atoms with van der Waals surface area (Å²) in [4.78, 5) is 4.18. The van der Waals surface area contributed by atoms with Crippen molar-refractivity contribution < 1.29 is 9.13 Å². The molecule has 0 amide bonds. The molecule has 6 heteroatoms.